The molecule has 0 unspecified atom stereocenters. The number of hydrogen-bond acceptors (Lipinski definition) is 9. The summed E-state index contributed by atoms with van der Waals surface area (Å²) in [6.45, 7) is 0. The summed E-state index contributed by atoms with van der Waals surface area (Å²) < 4.78 is 4.34. The van der Waals surface area contributed by atoms with Crippen LogP contribution in [-0.2, 0) is 0 Å². The number of para-hydroxylation sites is 1. The fraction of sp³-hybridized carbons (Fsp3) is 0. The van der Waals surface area contributed by atoms with Crippen LogP contribution in [0.15, 0.2) is 140 Å². The number of aromatic hydroxyl groups is 5. The van der Waals surface area contributed by atoms with Gasteiger partial charge in [0.05, 0.1) is 21.4 Å². The lowest BCUT2D eigenvalue weighted by Crippen LogP contribution is -2.04. The average Bonchev–Trinajstić information content (AvgIpc) is 3.78. The Morgan fingerprint density at radius 2 is 1.00 bits per heavy atom. The minimum atomic E-state index is -1.07. The summed E-state index contributed by atoms with van der Waals surface area (Å²) in [5, 5.41) is 57.7. The quantitative estimate of drug-likeness (QED) is 0.0867. The maximum Gasteiger partial charge on any atom is 0.208 e. The molecular weight excluding hydrogens is 709 g/mol. The summed E-state index contributed by atoms with van der Waals surface area (Å²) in [5.41, 5.74) is 5.70. The first-order valence-electron chi connectivity index (χ1n) is 17.4. The molecule has 0 aliphatic carbocycles. The number of thiophene rings is 1. The Hall–Kier alpha value is -7.43. The number of nitrogens with zero attached hydrogens (tertiary/aromatic N) is 4. The molecule has 9 nitrogen and oxygen atoms in total. The number of phenols is 5. The van der Waals surface area contributed by atoms with Crippen molar-refractivity contribution in [3.63, 3.8) is 0 Å². The molecular formula is C45H28N4O5S. The molecule has 0 bridgehead atoms. The summed E-state index contributed by atoms with van der Waals surface area (Å²) >= 11 is 1.66. The Bertz CT molecular complexity index is 3130. The standard InChI is InChI=1S/C45H28N4O5S/c50-37-35(38(51)40(53)41(54)39(37)52)45-47-43(25-14-5-2-6-15-25)46-44(48-45)30-23-22-28-27-16-8-10-21-33(27)55-42(28)36(30)49-31-19-9-7-17-29(31)34-26(18-11-20-32(34)49)24-12-3-1-4-13-24/h1-23,50-54H. The molecule has 55 heavy (non-hydrogen) atoms. The summed E-state index contributed by atoms with van der Waals surface area (Å²) in [7, 11) is 0. The molecule has 10 heteroatoms. The Morgan fingerprint density at radius 1 is 0.418 bits per heavy atom. The second-order valence-corrected chi connectivity index (χ2v) is 14.2. The molecule has 10 aromatic rings. The van der Waals surface area contributed by atoms with E-state index in [0.29, 0.717) is 11.1 Å². The second-order valence-electron chi connectivity index (χ2n) is 13.1. The van der Waals surface area contributed by atoms with E-state index in [2.05, 4.69) is 70.2 Å². The van der Waals surface area contributed by atoms with E-state index in [1.807, 2.05) is 78.9 Å². The Morgan fingerprint density at radius 3 is 1.75 bits per heavy atom. The molecule has 0 aliphatic heterocycles. The van der Waals surface area contributed by atoms with Crippen LogP contribution in [0.5, 0.6) is 28.7 Å². The SMILES string of the molecule is Oc1c(O)c(O)c(-c2nc(-c3ccccc3)nc(-c3ccc4c(sc5ccccc54)c3-n3c4ccccc4c4c(-c5ccccc5)cccc43)n2)c(O)c1O. The highest BCUT2D eigenvalue weighted by molar-refractivity contribution is 7.26. The van der Waals surface area contributed by atoms with E-state index in [1.165, 1.54) is 0 Å². The van der Waals surface area contributed by atoms with Gasteiger partial charge in [-0.25, -0.2) is 15.0 Å². The lowest BCUT2D eigenvalue weighted by molar-refractivity contribution is 0.329. The summed E-state index contributed by atoms with van der Waals surface area (Å²) in [4.78, 5) is 14.5. The molecule has 264 valence electrons. The first-order valence-corrected chi connectivity index (χ1v) is 18.2. The van der Waals surface area contributed by atoms with E-state index >= 15 is 0 Å². The molecule has 0 spiro atoms. The van der Waals surface area contributed by atoms with Crippen LogP contribution in [-0.4, -0.2) is 45.1 Å². The monoisotopic (exact) mass is 736 g/mol. The lowest BCUT2D eigenvalue weighted by Gasteiger charge is -2.17. The van der Waals surface area contributed by atoms with E-state index in [1.54, 1.807) is 11.3 Å². The van der Waals surface area contributed by atoms with Gasteiger partial charge in [-0.05, 0) is 35.4 Å². The first kappa shape index (κ1) is 32.2. The molecule has 10 rings (SSSR count). The van der Waals surface area contributed by atoms with Gasteiger partial charge >= 0.3 is 0 Å². The van der Waals surface area contributed by atoms with Crippen molar-refractivity contribution in [1.82, 2.24) is 19.5 Å². The van der Waals surface area contributed by atoms with Gasteiger partial charge in [-0.3, -0.25) is 0 Å². The van der Waals surface area contributed by atoms with E-state index < -0.39 is 34.3 Å². The Kier molecular flexibility index (Phi) is 7.23. The molecule has 5 N–H and O–H groups in total. The van der Waals surface area contributed by atoms with Crippen LogP contribution in [0.1, 0.15) is 0 Å². The average molecular weight is 737 g/mol. The third-order valence-corrected chi connectivity index (χ3v) is 11.2. The molecule has 3 aromatic heterocycles. The van der Waals surface area contributed by atoms with Crippen LogP contribution in [0.2, 0.25) is 0 Å². The van der Waals surface area contributed by atoms with Crippen molar-refractivity contribution in [2.75, 3.05) is 0 Å². The van der Waals surface area contributed by atoms with Crippen molar-refractivity contribution in [2.45, 2.75) is 0 Å². The Labute approximate surface area is 316 Å². The normalized spacial score (nSPS) is 11.6. The minimum Gasteiger partial charge on any atom is -0.504 e. The molecule has 0 saturated heterocycles. The molecule has 3 heterocycles. The number of fused-ring (bicyclic) bond motifs is 6. The highest BCUT2D eigenvalue weighted by Crippen LogP contribution is 2.54. The van der Waals surface area contributed by atoms with Crippen LogP contribution in [0, 0.1) is 0 Å². The first-order chi connectivity index (χ1) is 26.9. The van der Waals surface area contributed by atoms with E-state index in [-0.39, 0.29) is 17.5 Å². The van der Waals surface area contributed by atoms with Crippen molar-refractivity contribution in [3.05, 3.63) is 140 Å². The summed E-state index contributed by atoms with van der Waals surface area (Å²) in [6, 6.07) is 46.4. The number of benzene rings is 7. The highest BCUT2D eigenvalue weighted by Gasteiger charge is 2.29. The molecule has 0 aliphatic rings. The molecule has 0 fully saturated rings. The number of aromatic nitrogens is 4. The van der Waals surface area contributed by atoms with Gasteiger partial charge in [-0.15, -0.1) is 11.3 Å². The van der Waals surface area contributed by atoms with Gasteiger partial charge in [-0.1, -0.05) is 115 Å². The molecule has 0 amide bonds. The lowest BCUT2D eigenvalue weighted by atomic mass is 9.99. The fourth-order valence-electron chi connectivity index (χ4n) is 7.52. The van der Waals surface area contributed by atoms with Crippen LogP contribution in [0.4, 0.5) is 0 Å². The zero-order valence-corrected chi connectivity index (χ0v) is 29.5. The molecule has 0 radical (unpaired) electrons. The molecule has 0 atom stereocenters. The zero-order valence-electron chi connectivity index (χ0n) is 28.7. The smallest absolute Gasteiger partial charge is 0.208 e. The van der Waals surface area contributed by atoms with Crippen molar-refractivity contribution in [3.8, 4) is 79.7 Å². The van der Waals surface area contributed by atoms with Gasteiger partial charge in [0.1, 0.15) is 5.56 Å². The van der Waals surface area contributed by atoms with Gasteiger partial charge in [0.2, 0.25) is 17.2 Å². The van der Waals surface area contributed by atoms with Crippen LogP contribution < -0.4 is 0 Å². The maximum absolute atomic E-state index is 11.1. The van der Waals surface area contributed by atoms with Crippen LogP contribution >= 0.6 is 11.3 Å². The fourth-order valence-corrected chi connectivity index (χ4v) is 8.76. The Balaban J connectivity index is 1.36. The topological polar surface area (TPSA) is 145 Å². The largest absolute Gasteiger partial charge is 0.504 e. The zero-order chi connectivity index (χ0) is 37.4. The van der Waals surface area contributed by atoms with Crippen molar-refractivity contribution in [2.24, 2.45) is 0 Å². The molecule has 7 aromatic carbocycles. The predicted octanol–water partition coefficient (Wildman–Crippen LogP) is 10.5. The van der Waals surface area contributed by atoms with E-state index in [0.717, 1.165) is 58.8 Å². The van der Waals surface area contributed by atoms with Gasteiger partial charge < -0.3 is 30.1 Å². The van der Waals surface area contributed by atoms with Gasteiger partial charge in [0.15, 0.2) is 29.0 Å². The third-order valence-electron chi connectivity index (χ3n) is 10.0. The van der Waals surface area contributed by atoms with E-state index in [4.69, 9.17) is 9.97 Å². The third kappa shape index (κ3) is 4.89. The van der Waals surface area contributed by atoms with Crippen LogP contribution in [0.25, 0.3) is 93.0 Å². The maximum atomic E-state index is 11.1. The summed E-state index contributed by atoms with van der Waals surface area (Å²) in [6.07, 6.45) is 0. The van der Waals surface area contributed by atoms with E-state index in [9.17, 15) is 25.5 Å². The van der Waals surface area contributed by atoms with Crippen molar-refractivity contribution in [1.29, 1.82) is 0 Å². The highest BCUT2D eigenvalue weighted by atomic mass is 32.1. The summed E-state index contributed by atoms with van der Waals surface area (Å²) in [5.74, 6) is -4.76. The van der Waals surface area contributed by atoms with Gasteiger partial charge in [-0.2, -0.15) is 0 Å². The van der Waals surface area contributed by atoms with Gasteiger partial charge in [0.25, 0.3) is 0 Å². The number of hydrogen-bond donors (Lipinski definition) is 5. The second kappa shape index (κ2) is 12.3. The minimum absolute atomic E-state index is 0.203. The number of rotatable bonds is 5. The predicted molar refractivity (Wildman–Crippen MR) is 217 cm³/mol. The molecule has 0 saturated carbocycles. The van der Waals surface area contributed by atoms with Gasteiger partial charge in [0, 0.05) is 37.4 Å². The van der Waals surface area contributed by atoms with Crippen molar-refractivity contribution < 1.29 is 25.5 Å². The number of phenolic OH excluding ortho intramolecular Hbond substituents is 5. The van der Waals surface area contributed by atoms with Crippen LogP contribution in [0.3, 0.4) is 0 Å². The van der Waals surface area contributed by atoms with Crippen molar-refractivity contribution >= 4 is 53.3 Å².